The van der Waals surface area contributed by atoms with Crippen LogP contribution in [0.4, 0.5) is 0 Å². The van der Waals surface area contributed by atoms with Crippen LogP contribution in [-0.2, 0) is 20.9 Å². The molecular formula is C17H15ClO6. The lowest BCUT2D eigenvalue weighted by Crippen LogP contribution is -2.23. The zero-order valence-corrected chi connectivity index (χ0v) is 14.1. The van der Waals surface area contributed by atoms with Gasteiger partial charge in [-0.15, -0.1) is 0 Å². The number of hydrogen-bond acceptors (Lipinski definition) is 6. The van der Waals surface area contributed by atoms with E-state index in [1.807, 2.05) is 6.92 Å². The number of hydrogen-bond donors (Lipinski definition) is 0. The van der Waals surface area contributed by atoms with Crippen molar-refractivity contribution in [3.63, 3.8) is 0 Å². The van der Waals surface area contributed by atoms with E-state index in [2.05, 4.69) is 0 Å². The summed E-state index contributed by atoms with van der Waals surface area (Å²) in [5.74, 6) is -0.296. The van der Waals surface area contributed by atoms with E-state index in [1.54, 1.807) is 18.2 Å². The lowest BCUT2D eigenvalue weighted by Gasteiger charge is -2.26. The van der Waals surface area contributed by atoms with E-state index in [4.69, 9.17) is 30.8 Å². The molecule has 6 nitrogen and oxygen atoms in total. The number of fused-ring (bicyclic) bond motifs is 2. The highest BCUT2D eigenvalue weighted by molar-refractivity contribution is 6.36. The molecule has 0 fully saturated rings. The molecule has 0 saturated heterocycles. The summed E-state index contributed by atoms with van der Waals surface area (Å²) in [5.41, 5.74) is 0.570. The minimum absolute atomic E-state index is 0.192. The maximum absolute atomic E-state index is 11.6. The maximum atomic E-state index is 11.6. The molecule has 0 spiro atoms. The summed E-state index contributed by atoms with van der Waals surface area (Å²) in [4.78, 5) is 33.6. The molecule has 1 aliphatic rings. The van der Waals surface area contributed by atoms with Gasteiger partial charge in [0.2, 0.25) is 5.75 Å². The molecule has 126 valence electrons. The lowest BCUT2D eigenvalue weighted by atomic mass is 9.98. The van der Waals surface area contributed by atoms with Crippen LogP contribution >= 0.6 is 11.6 Å². The largest absolute Gasteiger partial charge is 0.426 e. The summed E-state index contributed by atoms with van der Waals surface area (Å²) in [7, 11) is 0. The molecule has 1 aliphatic heterocycles. The van der Waals surface area contributed by atoms with Gasteiger partial charge in [-0.2, -0.15) is 4.89 Å². The number of carbonyl (C=O) groups excluding carboxylic acids is 2. The first-order valence-electron chi connectivity index (χ1n) is 7.35. The van der Waals surface area contributed by atoms with Crippen LogP contribution in [0.1, 0.15) is 26.3 Å². The summed E-state index contributed by atoms with van der Waals surface area (Å²) in [6, 6.07) is 5.08. The Morgan fingerprint density at radius 2 is 1.83 bits per heavy atom. The number of ether oxygens (including phenoxy) is 2. The first-order valence-corrected chi connectivity index (χ1v) is 7.73. The molecule has 7 heteroatoms. The molecule has 3 rings (SSSR count). The first-order chi connectivity index (χ1) is 11.4. The molecule has 2 aromatic rings. The predicted octanol–water partition coefficient (Wildman–Crippen LogP) is 3.60. The Labute approximate surface area is 143 Å². The highest BCUT2D eigenvalue weighted by atomic mass is 35.5. The highest BCUT2D eigenvalue weighted by Gasteiger charge is 2.31. The third kappa shape index (κ3) is 2.90. The fourth-order valence-electron chi connectivity index (χ4n) is 2.68. The summed E-state index contributed by atoms with van der Waals surface area (Å²) < 4.78 is 10.7. The number of carbonyl (C=O) groups is 2. The fraction of sp³-hybridized carbons (Fsp3) is 0.294. The van der Waals surface area contributed by atoms with Crippen LogP contribution in [0.15, 0.2) is 18.2 Å². The second kappa shape index (κ2) is 6.30. The molecule has 24 heavy (non-hydrogen) atoms. The monoisotopic (exact) mass is 350 g/mol. The van der Waals surface area contributed by atoms with Crippen molar-refractivity contribution in [2.75, 3.05) is 0 Å². The molecule has 1 heterocycles. The SMILES string of the molecule is CC(=O)Oc1c2c(c(OC(C)=O)c3c(Cl)cccc13)CC(C)OO2. The minimum Gasteiger partial charge on any atom is -0.426 e. The lowest BCUT2D eigenvalue weighted by molar-refractivity contribution is -0.250. The van der Waals surface area contributed by atoms with Gasteiger partial charge in [-0.05, 0) is 13.0 Å². The van der Waals surface area contributed by atoms with E-state index in [9.17, 15) is 9.59 Å². The van der Waals surface area contributed by atoms with Crippen molar-refractivity contribution in [3.05, 3.63) is 28.8 Å². The van der Waals surface area contributed by atoms with Crippen LogP contribution in [0.2, 0.25) is 5.02 Å². The summed E-state index contributed by atoms with van der Waals surface area (Å²) in [6.45, 7) is 4.40. The van der Waals surface area contributed by atoms with Crippen LogP contribution in [-0.4, -0.2) is 18.0 Å². The van der Waals surface area contributed by atoms with Crippen molar-refractivity contribution in [1.29, 1.82) is 0 Å². The van der Waals surface area contributed by atoms with E-state index in [-0.39, 0.29) is 17.6 Å². The smallest absolute Gasteiger partial charge is 0.308 e. The molecule has 1 unspecified atom stereocenters. The van der Waals surface area contributed by atoms with E-state index < -0.39 is 11.9 Å². The quantitative estimate of drug-likeness (QED) is 0.468. The van der Waals surface area contributed by atoms with Gasteiger partial charge in [-0.25, -0.2) is 0 Å². The summed E-state index contributed by atoms with van der Waals surface area (Å²) in [5, 5.41) is 1.35. The summed E-state index contributed by atoms with van der Waals surface area (Å²) in [6.07, 6.45) is 0.143. The fourth-order valence-corrected chi connectivity index (χ4v) is 2.94. The van der Waals surface area contributed by atoms with Gasteiger partial charge in [0.05, 0.1) is 5.02 Å². The Morgan fingerprint density at radius 3 is 2.50 bits per heavy atom. The van der Waals surface area contributed by atoms with Crippen LogP contribution in [0.3, 0.4) is 0 Å². The molecular weight excluding hydrogens is 336 g/mol. The Hall–Kier alpha value is -2.31. The van der Waals surface area contributed by atoms with Gasteiger partial charge < -0.3 is 14.4 Å². The van der Waals surface area contributed by atoms with E-state index in [0.717, 1.165) is 0 Å². The van der Waals surface area contributed by atoms with Crippen molar-refractivity contribution >= 4 is 34.3 Å². The highest BCUT2D eigenvalue weighted by Crippen LogP contribution is 2.50. The minimum atomic E-state index is -0.513. The topological polar surface area (TPSA) is 71.1 Å². The predicted molar refractivity (Wildman–Crippen MR) is 86.5 cm³/mol. The molecule has 2 aromatic carbocycles. The van der Waals surface area contributed by atoms with Crippen molar-refractivity contribution in [1.82, 2.24) is 0 Å². The maximum Gasteiger partial charge on any atom is 0.308 e. The van der Waals surface area contributed by atoms with Crippen LogP contribution in [0.25, 0.3) is 10.8 Å². The van der Waals surface area contributed by atoms with Crippen molar-refractivity contribution < 1.29 is 28.8 Å². The van der Waals surface area contributed by atoms with Gasteiger partial charge in [0.1, 0.15) is 11.9 Å². The third-order valence-corrected chi connectivity index (χ3v) is 3.83. The molecule has 0 amide bonds. The van der Waals surface area contributed by atoms with Gasteiger partial charge >= 0.3 is 11.9 Å². The molecule has 0 N–H and O–H groups in total. The number of halogens is 1. The van der Waals surface area contributed by atoms with Crippen molar-refractivity contribution in [2.24, 2.45) is 0 Å². The average molecular weight is 351 g/mol. The molecule has 0 bridgehead atoms. The Kier molecular flexibility index (Phi) is 4.34. The van der Waals surface area contributed by atoms with Gasteiger partial charge in [-0.3, -0.25) is 9.59 Å². The molecule has 0 aromatic heterocycles. The molecule has 0 saturated carbocycles. The molecule has 0 radical (unpaired) electrons. The van der Waals surface area contributed by atoms with Gasteiger partial charge in [0, 0.05) is 36.6 Å². The Bertz CT molecular complexity index is 845. The van der Waals surface area contributed by atoms with Crippen molar-refractivity contribution in [3.8, 4) is 17.2 Å². The number of esters is 2. The normalized spacial score (nSPS) is 16.2. The second-order valence-electron chi connectivity index (χ2n) is 5.51. The standard InChI is InChI=1S/C17H15ClO6/c1-8-7-12-15(21-9(2)19)14-11(5-4-6-13(14)18)16(22-10(3)20)17(12)24-23-8/h4-6,8H,7H2,1-3H3. The molecule has 0 aliphatic carbocycles. The average Bonchev–Trinajstić information content (AvgIpc) is 2.49. The van der Waals surface area contributed by atoms with E-state index in [1.165, 1.54) is 13.8 Å². The second-order valence-corrected chi connectivity index (χ2v) is 5.92. The number of rotatable bonds is 2. The van der Waals surface area contributed by atoms with E-state index in [0.29, 0.717) is 33.5 Å². The Balaban J connectivity index is 2.40. The van der Waals surface area contributed by atoms with Gasteiger partial charge in [0.25, 0.3) is 0 Å². The third-order valence-electron chi connectivity index (χ3n) is 3.52. The van der Waals surface area contributed by atoms with Crippen LogP contribution < -0.4 is 14.4 Å². The van der Waals surface area contributed by atoms with Gasteiger partial charge in [-0.1, -0.05) is 23.7 Å². The number of benzene rings is 2. The first kappa shape index (κ1) is 16.5. The van der Waals surface area contributed by atoms with Crippen LogP contribution in [0.5, 0.6) is 17.2 Å². The van der Waals surface area contributed by atoms with Gasteiger partial charge in [0.15, 0.2) is 5.75 Å². The Morgan fingerprint density at radius 1 is 1.17 bits per heavy atom. The zero-order chi connectivity index (χ0) is 17.4. The zero-order valence-electron chi connectivity index (χ0n) is 13.3. The van der Waals surface area contributed by atoms with E-state index >= 15 is 0 Å². The molecule has 1 atom stereocenters. The van der Waals surface area contributed by atoms with Crippen LogP contribution in [0, 0.1) is 0 Å². The van der Waals surface area contributed by atoms with Crippen molar-refractivity contribution in [2.45, 2.75) is 33.3 Å². The summed E-state index contributed by atoms with van der Waals surface area (Å²) >= 11 is 6.33.